The van der Waals surface area contributed by atoms with Gasteiger partial charge in [-0.05, 0) is 44.7 Å². The molecule has 1 unspecified atom stereocenters. The first kappa shape index (κ1) is 20.3. The van der Waals surface area contributed by atoms with Gasteiger partial charge in [0, 0.05) is 38.1 Å². The molecule has 3 rings (SSSR count). The van der Waals surface area contributed by atoms with Crippen molar-refractivity contribution >= 4 is 12.1 Å². The van der Waals surface area contributed by atoms with Gasteiger partial charge in [0.15, 0.2) is 5.96 Å². The monoisotopic (exact) mass is 388 g/mol. The quantitative estimate of drug-likeness (QED) is 0.599. The summed E-state index contributed by atoms with van der Waals surface area (Å²) in [5, 5.41) is 6.89. The molecular formula is C21H32N4O3. The number of para-hydroxylation sites is 1. The van der Waals surface area contributed by atoms with Crippen molar-refractivity contribution in [3.05, 3.63) is 29.8 Å². The third kappa shape index (κ3) is 5.30. The summed E-state index contributed by atoms with van der Waals surface area (Å²) in [5.74, 6) is 2.21. The van der Waals surface area contributed by atoms with E-state index in [1.165, 1.54) is 5.56 Å². The summed E-state index contributed by atoms with van der Waals surface area (Å²) in [4.78, 5) is 18.5. The lowest BCUT2D eigenvalue weighted by atomic mass is 9.93. The topological polar surface area (TPSA) is 75.2 Å². The highest BCUT2D eigenvalue weighted by atomic mass is 16.6. The molecule has 2 aliphatic heterocycles. The number of benzene rings is 1. The van der Waals surface area contributed by atoms with E-state index < -0.39 is 0 Å². The number of likely N-dealkylation sites (tertiary alicyclic amines) is 1. The summed E-state index contributed by atoms with van der Waals surface area (Å²) in [6, 6.07) is 8.56. The number of hydrogen-bond acceptors (Lipinski definition) is 4. The van der Waals surface area contributed by atoms with E-state index in [0.717, 1.165) is 50.7 Å². The second-order valence-corrected chi connectivity index (χ2v) is 7.20. The lowest BCUT2D eigenvalue weighted by molar-refractivity contribution is 0.0963. The maximum absolute atomic E-state index is 11.8. The number of guanidine groups is 1. The van der Waals surface area contributed by atoms with E-state index in [0.29, 0.717) is 31.7 Å². The Morgan fingerprint density at radius 3 is 2.79 bits per heavy atom. The van der Waals surface area contributed by atoms with Gasteiger partial charge in [0.25, 0.3) is 0 Å². The Labute approximate surface area is 167 Å². The largest absolute Gasteiger partial charge is 0.493 e. The van der Waals surface area contributed by atoms with Crippen LogP contribution in [0.25, 0.3) is 0 Å². The minimum Gasteiger partial charge on any atom is -0.493 e. The molecule has 7 nitrogen and oxygen atoms in total. The van der Waals surface area contributed by atoms with Crippen LogP contribution < -0.4 is 15.4 Å². The molecule has 2 heterocycles. The summed E-state index contributed by atoms with van der Waals surface area (Å²) in [6.07, 6.45) is 2.56. The number of fused-ring (bicyclic) bond motifs is 1. The van der Waals surface area contributed by atoms with Gasteiger partial charge < -0.3 is 25.0 Å². The summed E-state index contributed by atoms with van der Waals surface area (Å²) in [5.41, 5.74) is 1.25. The van der Waals surface area contributed by atoms with Gasteiger partial charge in [-0.3, -0.25) is 4.99 Å². The number of rotatable bonds is 5. The molecule has 1 fully saturated rings. The van der Waals surface area contributed by atoms with Gasteiger partial charge in [-0.1, -0.05) is 18.2 Å². The highest BCUT2D eigenvalue weighted by Gasteiger charge is 2.25. The second kappa shape index (κ2) is 10.2. The van der Waals surface area contributed by atoms with E-state index in [1.54, 1.807) is 4.90 Å². The zero-order valence-electron chi connectivity index (χ0n) is 16.9. The molecule has 154 valence electrons. The fourth-order valence-corrected chi connectivity index (χ4v) is 3.74. The van der Waals surface area contributed by atoms with Crippen LogP contribution in [0.15, 0.2) is 29.3 Å². The minimum atomic E-state index is -0.209. The molecule has 0 bridgehead atoms. The van der Waals surface area contributed by atoms with E-state index in [9.17, 15) is 4.79 Å². The summed E-state index contributed by atoms with van der Waals surface area (Å²) >= 11 is 0. The number of amides is 1. The van der Waals surface area contributed by atoms with Gasteiger partial charge in [-0.15, -0.1) is 0 Å². The molecule has 0 radical (unpaired) electrons. The van der Waals surface area contributed by atoms with Crippen LogP contribution in [-0.2, 0) is 4.74 Å². The Bertz CT molecular complexity index is 671. The van der Waals surface area contributed by atoms with Crippen LogP contribution in [-0.4, -0.2) is 62.4 Å². The van der Waals surface area contributed by atoms with Crippen molar-refractivity contribution in [2.24, 2.45) is 4.99 Å². The van der Waals surface area contributed by atoms with Crippen LogP contribution in [0.2, 0.25) is 0 Å². The standard InChI is InChI=1S/C21H32N4O3/c1-3-22-20(24-17-9-12-25(13-10-17)21(26)27-4-2)23-15-16-11-14-28-19-8-6-5-7-18(16)19/h5-8,16-17H,3-4,9-15H2,1-2H3,(H2,22,23,24). The molecule has 1 aromatic rings. The first-order valence-corrected chi connectivity index (χ1v) is 10.4. The van der Waals surface area contributed by atoms with Crippen molar-refractivity contribution in [2.45, 2.75) is 45.1 Å². The molecule has 0 spiro atoms. The Balaban J connectivity index is 1.55. The number of ether oxygens (including phenoxy) is 2. The molecule has 2 N–H and O–H groups in total. The zero-order chi connectivity index (χ0) is 19.8. The number of aliphatic imine (C=N–C) groups is 1. The average Bonchev–Trinajstić information content (AvgIpc) is 2.73. The Kier molecular flexibility index (Phi) is 7.39. The van der Waals surface area contributed by atoms with Gasteiger partial charge in [0.2, 0.25) is 0 Å². The Hall–Kier alpha value is -2.44. The molecule has 1 atom stereocenters. The molecule has 0 aliphatic carbocycles. The molecule has 2 aliphatic rings. The summed E-state index contributed by atoms with van der Waals surface area (Å²) < 4.78 is 10.8. The van der Waals surface area contributed by atoms with Gasteiger partial charge in [-0.2, -0.15) is 0 Å². The van der Waals surface area contributed by atoms with Crippen LogP contribution >= 0.6 is 0 Å². The molecule has 28 heavy (non-hydrogen) atoms. The van der Waals surface area contributed by atoms with Crippen molar-refractivity contribution in [1.82, 2.24) is 15.5 Å². The van der Waals surface area contributed by atoms with E-state index in [1.807, 2.05) is 19.1 Å². The normalized spacial score (nSPS) is 20.1. The van der Waals surface area contributed by atoms with Crippen LogP contribution in [0.4, 0.5) is 4.79 Å². The summed E-state index contributed by atoms with van der Waals surface area (Å²) in [6.45, 7) is 8.05. The van der Waals surface area contributed by atoms with Crippen LogP contribution in [0.1, 0.15) is 44.6 Å². The van der Waals surface area contributed by atoms with Crippen LogP contribution in [0, 0.1) is 0 Å². The number of nitrogens with one attached hydrogen (secondary N) is 2. The smallest absolute Gasteiger partial charge is 0.409 e. The third-order valence-electron chi connectivity index (χ3n) is 5.26. The van der Waals surface area contributed by atoms with E-state index in [-0.39, 0.29) is 6.09 Å². The van der Waals surface area contributed by atoms with Crippen molar-refractivity contribution in [3.8, 4) is 5.75 Å². The highest BCUT2D eigenvalue weighted by molar-refractivity contribution is 5.80. The minimum absolute atomic E-state index is 0.209. The van der Waals surface area contributed by atoms with Gasteiger partial charge in [-0.25, -0.2) is 4.79 Å². The van der Waals surface area contributed by atoms with Crippen molar-refractivity contribution in [1.29, 1.82) is 0 Å². The van der Waals surface area contributed by atoms with Crippen molar-refractivity contribution in [2.75, 3.05) is 39.4 Å². The fraction of sp³-hybridized carbons (Fsp3) is 0.619. The molecule has 0 saturated carbocycles. The SMILES string of the molecule is CCNC(=NCC1CCOc2ccccc21)NC1CCN(C(=O)OCC)CC1. The lowest BCUT2D eigenvalue weighted by Gasteiger charge is -2.32. The van der Waals surface area contributed by atoms with E-state index >= 15 is 0 Å². The number of carbonyl (C=O) groups excluding carboxylic acids is 1. The molecule has 1 aromatic carbocycles. The summed E-state index contributed by atoms with van der Waals surface area (Å²) in [7, 11) is 0. The first-order valence-electron chi connectivity index (χ1n) is 10.4. The molecular weight excluding hydrogens is 356 g/mol. The maximum Gasteiger partial charge on any atom is 0.409 e. The number of hydrogen-bond donors (Lipinski definition) is 2. The van der Waals surface area contributed by atoms with Gasteiger partial charge >= 0.3 is 6.09 Å². The van der Waals surface area contributed by atoms with Crippen LogP contribution in [0.3, 0.4) is 0 Å². The highest BCUT2D eigenvalue weighted by Crippen LogP contribution is 2.33. The number of carbonyl (C=O) groups is 1. The second-order valence-electron chi connectivity index (χ2n) is 7.20. The lowest BCUT2D eigenvalue weighted by Crippen LogP contribution is -2.50. The van der Waals surface area contributed by atoms with Crippen LogP contribution in [0.5, 0.6) is 5.75 Å². The predicted octanol–water partition coefficient (Wildman–Crippen LogP) is 2.73. The van der Waals surface area contributed by atoms with Crippen molar-refractivity contribution in [3.63, 3.8) is 0 Å². The number of piperidine rings is 1. The van der Waals surface area contributed by atoms with Crippen molar-refractivity contribution < 1.29 is 14.3 Å². The predicted molar refractivity (Wildman–Crippen MR) is 110 cm³/mol. The fourth-order valence-electron chi connectivity index (χ4n) is 3.74. The molecule has 1 saturated heterocycles. The van der Waals surface area contributed by atoms with E-state index in [2.05, 4.69) is 29.7 Å². The van der Waals surface area contributed by atoms with E-state index in [4.69, 9.17) is 14.5 Å². The zero-order valence-corrected chi connectivity index (χ0v) is 16.9. The molecule has 1 amide bonds. The number of nitrogens with zero attached hydrogens (tertiary/aromatic N) is 2. The molecule has 7 heteroatoms. The Morgan fingerprint density at radius 2 is 2.04 bits per heavy atom. The first-order chi connectivity index (χ1) is 13.7. The van der Waals surface area contributed by atoms with Gasteiger partial charge in [0.05, 0.1) is 13.2 Å². The maximum atomic E-state index is 11.8. The van der Waals surface area contributed by atoms with Gasteiger partial charge in [0.1, 0.15) is 5.75 Å². The Morgan fingerprint density at radius 1 is 1.25 bits per heavy atom. The average molecular weight is 389 g/mol. The molecule has 0 aromatic heterocycles. The third-order valence-corrected chi connectivity index (χ3v) is 5.26.